The normalized spacial score (nSPS) is 23.4. The highest BCUT2D eigenvalue weighted by atomic mass is 79.9. The van der Waals surface area contributed by atoms with Crippen LogP contribution in [0.4, 0.5) is 0 Å². The number of amides is 4. The Morgan fingerprint density at radius 2 is 1.03 bits per heavy atom. The Balaban J connectivity index is 1.49. The van der Waals surface area contributed by atoms with Crippen molar-refractivity contribution >= 4 is 183 Å². The zero-order valence-corrected chi connectivity index (χ0v) is 33.0. The van der Waals surface area contributed by atoms with Gasteiger partial charge >= 0.3 is 0 Å². The number of unbranched alkanes of at least 4 members (excludes halogenated alkanes) is 1. The summed E-state index contributed by atoms with van der Waals surface area (Å²) in [7, 11) is 0. The molecule has 1 atom stereocenters. The summed E-state index contributed by atoms with van der Waals surface area (Å²) in [6.07, 6.45) is 0.789. The first-order valence-corrected chi connectivity index (χ1v) is 17.7. The van der Waals surface area contributed by atoms with Crippen molar-refractivity contribution in [1.29, 1.82) is 0 Å². The molecule has 16 heteroatoms. The molecule has 0 saturated carbocycles. The number of hydrogen-bond donors (Lipinski definition) is 0. The number of hydrogen-bond acceptors (Lipinski definition) is 4. The first-order chi connectivity index (χ1) is 16.6. The number of benzene rings is 1. The number of nitrogens with zero attached hydrogens (tertiary/aromatic N) is 2. The number of alkyl halides is 3. The van der Waals surface area contributed by atoms with Gasteiger partial charge in [-0.3, -0.25) is 29.0 Å². The van der Waals surface area contributed by atoms with Crippen LogP contribution in [-0.2, 0) is 9.59 Å². The van der Waals surface area contributed by atoms with Gasteiger partial charge in [-0.15, -0.1) is 0 Å². The number of carbonyl (C=O) groups excluding carboxylic acids is 4. The fourth-order valence-corrected chi connectivity index (χ4v) is 11.4. The SMILES string of the molecule is O=C1C2=C(Br)C(Br)=C(Br)C(Br)(Br)C2(Br)C(=O)N1CCCCN1C(=O)c2c(Br)c(Br)c(Br)c(Br)c2C1=O. The molecule has 1 aromatic rings. The lowest BCUT2D eigenvalue weighted by atomic mass is 9.93. The molecule has 3 aliphatic rings. The van der Waals surface area contributed by atoms with Crippen LogP contribution >= 0.6 is 159 Å². The van der Waals surface area contributed by atoms with E-state index in [1.807, 2.05) is 0 Å². The fourth-order valence-electron chi connectivity index (χ4n) is 4.04. The summed E-state index contributed by atoms with van der Waals surface area (Å²) in [5, 5.41) is 0. The average molecular weight is 1140 g/mol. The molecule has 0 aromatic heterocycles. The van der Waals surface area contributed by atoms with Gasteiger partial charge < -0.3 is 0 Å². The number of carbonyl (C=O) groups is 4. The van der Waals surface area contributed by atoms with E-state index >= 15 is 0 Å². The second-order valence-electron chi connectivity index (χ2n) is 7.79. The van der Waals surface area contributed by atoms with Gasteiger partial charge in [-0.25, -0.2) is 0 Å². The quantitative estimate of drug-likeness (QED) is 0.0973. The Morgan fingerprint density at radius 1 is 0.583 bits per heavy atom. The minimum Gasteiger partial charge on any atom is -0.277 e. The molecule has 0 radical (unpaired) electrons. The molecule has 4 rings (SSSR count). The van der Waals surface area contributed by atoms with Crippen molar-refractivity contribution in [2.24, 2.45) is 0 Å². The predicted molar refractivity (Wildman–Crippen MR) is 172 cm³/mol. The second-order valence-corrected chi connectivity index (χ2v) is 18.0. The zero-order chi connectivity index (χ0) is 27.1. The first-order valence-electron chi connectivity index (χ1n) is 9.73. The average Bonchev–Trinajstić information content (AvgIpc) is 3.19. The van der Waals surface area contributed by atoms with Gasteiger partial charge in [0, 0.05) is 44.4 Å². The lowest BCUT2D eigenvalue weighted by Crippen LogP contribution is -2.50. The molecule has 1 aliphatic carbocycles. The third-order valence-corrected chi connectivity index (χ3v) is 19.7. The molecule has 1 aromatic carbocycles. The van der Waals surface area contributed by atoms with Gasteiger partial charge in [-0.1, -0.05) is 63.7 Å². The molecular weight excluding hydrogens is 1130 g/mol. The minimum atomic E-state index is -1.39. The van der Waals surface area contributed by atoms with Crippen molar-refractivity contribution in [3.8, 4) is 0 Å². The molecular formula is C20H8Br10N2O4. The summed E-state index contributed by atoms with van der Waals surface area (Å²) in [5.74, 6) is -1.69. The number of fused-ring (bicyclic) bond motifs is 2. The molecule has 0 spiro atoms. The number of halogens is 10. The third-order valence-electron chi connectivity index (χ3n) is 5.86. The monoisotopic (exact) mass is 1130 g/mol. The van der Waals surface area contributed by atoms with Crippen LogP contribution in [0.5, 0.6) is 0 Å². The first kappa shape index (κ1) is 30.7. The van der Waals surface area contributed by atoms with E-state index in [1.54, 1.807) is 0 Å². The van der Waals surface area contributed by atoms with E-state index in [-0.39, 0.29) is 29.8 Å². The maximum absolute atomic E-state index is 13.5. The van der Waals surface area contributed by atoms with E-state index in [4.69, 9.17) is 0 Å². The number of allylic oxidation sites excluding steroid dienone is 3. The fraction of sp³-hybridized carbons (Fsp3) is 0.300. The van der Waals surface area contributed by atoms with Crippen molar-refractivity contribution in [3.63, 3.8) is 0 Å². The van der Waals surface area contributed by atoms with Crippen LogP contribution in [0.2, 0.25) is 0 Å². The maximum Gasteiger partial charge on any atom is 0.262 e. The van der Waals surface area contributed by atoms with Gasteiger partial charge in [0.25, 0.3) is 23.6 Å². The molecule has 36 heavy (non-hydrogen) atoms. The molecule has 1 unspecified atom stereocenters. The summed E-state index contributed by atoms with van der Waals surface area (Å²) < 4.78 is 1.36. The van der Waals surface area contributed by atoms with E-state index in [0.29, 0.717) is 44.2 Å². The number of imide groups is 2. The van der Waals surface area contributed by atoms with E-state index in [1.165, 1.54) is 9.80 Å². The summed E-state index contributed by atoms with van der Waals surface area (Å²) in [4.78, 5) is 55.2. The predicted octanol–water partition coefficient (Wildman–Crippen LogP) is 8.77. The van der Waals surface area contributed by atoms with Crippen LogP contribution in [0.25, 0.3) is 0 Å². The lowest BCUT2D eigenvalue weighted by Gasteiger charge is -2.38. The van der Waals surface area contributed by atoms with E-state index < -0.39 is 31.2 Å². The van der Waals surface area contributed by atoms with Crippen LogP contribution < -0.4 is 0 Å². The molecule has 1 saturated heterocycles. The number of likely N-dealkylation sites (tertiary alicyclic amines) is 1. The molecule has 0 N–H and O–H groups in total. The maximum atomic E-state index is 13.5. The molecule has 0 bridgehead atoms. The third kappa shape index (κ3) is 4.35. The van der Waals surface area contributed by atoms with E-state index in [0.717, 1.165) is 0 Å². The van der Waals surface area contributed by atoms with Gasteiger partial charge in [-0.2, -0.15) is 0 Å². The highest BCUT2D eigenvalue weighted by Crippen LogP contribution is 2.64. The molecule has 2 aliphatic heterocycles. The van der Waals surface area contributed by atoms with Gasteiger partial charge in [0.05, 0.1) is 16.7 Å². The van der Waals surface area contributed by atoms with Gasteiger partial charge in [-0.05, 0) is 108 Å². The van der Waals surface area contributed by atoms with Crippen molar-refractivity contribution in [2.45, 2.75) is 20.4 Å². The van der Waals surface area contributed by atoms with Crippen molar-refractivity contribution in [3.05, 3.63) is 48.0 Å². The van der Waals surface area contributed by atoms with Crippen molar-refractivity contribution < 1.29 is 19.2 Å². The topological polar surface area (TPSA) is 74.8 Å². The van der Waals surface area contributed by atoms with Crippen molar-refractivity contribution in [2.75, 3.05) is 13.1 Å². The Morgan fingerprint density at radius 3 is 1.50 bits per heavy atom. The van der Waals surface area contributed by atoms with Gasteiger partial charge in [0.2, 0.25) is 0 Å². The Labute approximate surface area is 289 Å². The van der Waals surface area contributed by atoms with E-state index in [2.05, 4.69) is 159 Å². The summed E-state index contributed by atoms with van der Waals surface area (Å²) in [6, 6.07) is 0. The molecule has 192 valence electrons. The van der Waals surface area contributed by atoms with Gasteiger partial charge in [0.15, 0.2) is 4.32 Å². The molecule has 1 fully saturated rings. The summed E-state index contributed by atoms with van der Waals surface area (Å²) >= 11 is 34.6. The van der Waals surface area contributed by atoms with Gasteiger partial charge in [0.1, 0.15) is 3.23 Å². The van der Waals surface area contributed by atoms with Crippen LogP contribution in [0.3, 0.4) is 0 Å². The highest BCUT2D eigenvalue weighted by Gasteiger charge is 2.68. The van der Waals surface area contributed by atoms with Crippen molar-refractivity contribution in [1.82, 2.24) is 9.80 Å². The van der Waals surface area contributed by atoms with Crippen LogP contribution in [0, 0.1) is 0 Å². The Kier molecular flexibility index (Phi) is 9.29. The van der Waals surface area contributed by atoms with E-state index in [9.17, 15) is 19.2 Å². The van der Waals surface area contributed by atoms with Crippen LogP contribution in [0.1, 0.15) is 33.6 Å². The molecule has 6 nitrogen and oxygen atoms in total. The van der Waals surface area contributed by atoms with Crippen LogP contribution in [-0.4, -0.2) is 54.1 Å². The smallest absolute Gasteiger partial charge is 0.262 e. The summed E-state index contributed by atoms with van der Waals surface area (Å²) in [6.45, 7) is 0.260. The van der Waals surface area contributed by atoms with Crippen LogP contribution in [0.15, 0.2) is 36.9 Å². The Hall–Kier alpha value is 1.78. The lowest BCUT2D eigenvalue weighted by molar-refractivity contribution is -0.138. The number of rotatable bonds is 5. The molecule has 4 amide bonds. The Bertz CT molecular complexity index is 1310. The highest BCUT2D eigenvalue weighted by molar-refractivity contribution is 9.27. The summed E-state index contributed by atoms with van der Waals surface area (Å²) in [5.41, 5.74) is 0.815. The second kappa shape index (κ2) is 10.9. The largest absolute Gasteiger partial charge is 0.277 e. The minimum absolute atomic E-state index is 0.119. The zero-order valence-electron chi connectivity index (χ0n) is 17.1. The molecule has 2 heterocycles. The standard InChI is InChI=1S/C20H8Br10N2O4/c21-8-5-6(9(22)12(25)11(8)24)16(34)31(15(5)33)3-1-2-4-32-17(35)7-10(23)13(26)14(27)20(29,30)19(7,28)18(32)36/h1-4H2.